The molecule has 76 valence electrons. The molecule has 2 N–H and O–H groups in total. The number of aldehydes is 1. The van der Waals surface area contributed by atoms with Gasteiger partial charge in [-0.2, -0.15) is 0 Å². The van der Waals surface area contributed by atoms with E-state index in [-0.39, 0.29) is 0 Å². The third kappa shape index (κ3) is 5.22. The van der Waals surface area contributed by atoms with Crippen molar-refractivity contribution in [2.45, 2.75) is 45.1 Å². The smallest absolute Gasteiger partial charge is 0.405 e. The molecule has 0 heterocycles. The average Bonchev–Trinajstić information content (AvgIpc) is 2.04. The highest BCUT2D eigenvalue weighted by atomic mass is 16.6. The molecule has 0 aliphatic carbocycles. The topological polar surface area (TPSA) is 69.4 Å². The van der Waals surface area contributed by atoms with Crippen LogP contribution in [-0.4, -0.2) is 18.0 Å². The minimum Gasteiger partial charge on any atom is -0.436 e. The van der Waals surface area contributed by atoms with Crippen molar-refractivity contribution in [3.05, 3.63) is 0 Å². The molecule has 0 aromatic carbocycles. The first-order chi connectivity index (χ1) is 6.04. The molecule has 1 atom stereocenters. The molecule has 0 bridgehead atoms. The number of ether oxygens (including phenoxy) is 1. The predicted octanol–water partition coefficient (Wildman–Crippen LogP) is 1.62. The molecular weight excluding hydrogens is 170 g/mol. The van der Waals surface area contributed by atoms with Crippen LogP contribution in [0.5, 0.6) is 0 Å². The molecule has 0 rings (SSSR count). The van der Waals surface area contributed by atoms with Gasteiger partial charge in [0.2, 0.25) is 0 Å². The Hall–Kier alpha value is -1.06. The Balaban J connectivity index is 3.96. The van der Waals surface area contributed by atoms with Crippen LogP contribution in [0.4, 0.5) is 4.79 Å². The summed E-state index contributed by atoms with van der Waals surface area (Å²) in [7, 11) is 0. The van der Waals surface area contributed by atoms with Crippen molar-refractivity contribution >= 4 is 12.4 Å². The van der Waals surface area contributed by atoms with Gasteiger partial charge in [0.1, 0.15) is 0 Å². The summed E-state index contributed by atoms with van der Waals surface area (Å²) < 4.78 is 4.70. The van der Waals surface area contributed by atoms with Gasteiger partial charge in [0.25, 0.3) is 0 Å². The van der Waals surface area contributed by atoms with Crippen LogP contribution in [0.2, 0.25) is 0 Å². The highest BCUT2D eigenvalue weighted by Crippen LogP contribution is 2.16. The van der Waals surface area contributed by atoms with Gasteiger partial charge < -0.3 is 10.5 Å². The van der Waals surface area contributed by atoms with E-state index in [1.54, 1.807) is 6.92 Å². The highest BCUT2D eigenvalue weighted by molar-refractivity contribution is 5.71. The van der Waals surface area contributed by atoms with E-state index in [9.17, 15) is 9.59 Å². The van der Waals surface area contributed by atoms with Gasteiger partial charge in [-0.3, -0.25) is 4.79 Å². The second-order valence-corrected chi connectivity index (χ2v) is 3.31. The highest BCUT2D eigenvalue weighted by Gasteiger charge is 2.26. The Kier molecular flexibility index (Phi) is 5.11. The molecule has 1 amide bonds. The lowest BCUT2D eigenvalue weighted by molar-refractivity contribution is -0.123. The molecule has 4 nitrogen and oxygen atoms in total. The molecule has 13 heavy (non-hydrogen) atoms. The van der Waals surface area contributed by atoms with E-state index in [4.69, 9.17) is 10.5 Å². The van der Waals surface area contributed by atoms with Crippen LogP contribution in [0.15, 0.2) is 0 Å². The summed E-state index contributed by atoms with van der Waals surface area (Å²) in [6.45, 7) is 3.63. The number of hydrogen-bond acceptors (Lipinski definition) is 3. The lowest BCUT2D eigenvalue weighted by Crippen LogP contribution is -2.35. The molecule has 4 heteroatoms. The number of carbonyl (C=O) groups excluding carboxylic acids is 2. The molecule has 0 saturated heterocycles. The van der Waals surface area contributed by atoms with E-state index in [0.29, 0.717) is 12.7 Å². The summed E-state index contributed by atoms with van der Waals surface area (Å²) in [5.74, 6) is 0. The van der Waals surface area contributed by atoms with Crippen molar-refractivity contribution in [1.82, 2.24) is 0 Å². The Bertz CT molecular complexity index is 182. The van der Waals surface area contributed by atoms with Crippen LogP contribution < -0.4 is 5.73 Å². The van der Waals surface area contributed by atoms with Crippen molar-refractivity contribution in [3.63, 3.8) is 0 Å². The summed E-state index contributed by atoms with van der Waals surface area (Å²) in [6.07, 6.45) is 3.21. The Morgan fingerprint density at radius 2 is 2.15 bits per heavy atom. The van der Waals surface area contributed by atoms with Gasteiger partial charge in [-0.1, -0.05) is 19.8 Å². The number of primary amides is 1. The monoisotopic (exact) mass is 187 g/mol. The summed E-state index contributed by atoms with van der Waals surface area (Å²) in [5, 5.41) is 0. The SMILES string of the molecule is CCCCCC(C)(C=O)OC(N)=O. The molecule has 1 unspecified atom stereocenters. The molecule has 0 aromatic heterocycles. The number of amides is 1. The third-order valence-corrected chi connectivity index (χ3v) is 1.86. The van der Waals surface area contributed by atoms with Crippen LogP contribution in [0.3, 0.4) is 0 Å². The molecule has 0 aliphatic heterocycles. The van der Waals surface area contributed by atoms with Crippen LogP contribution in [0.25, 0.3) is 0 Å². The number of rotatable bonds is 6. The number of unbranched alkanes of at least 4 members (excludes halogenated alkanes) is 2. The van der Waals surface area contributed by atoms with Crippen LogP contribution in [0.1, 0.15) is 39.5 Å². The first-order valence-corrected chi connectivity index (χ1v) is 4.49. The summed E-state index contributed by atoms with van der Waals surface area (Å²) in [5.41, 5.74) is 3.80. The van der Waals surface area contributed by atoms with E-state index < -0.39 is 11.7 Å². The van der Waals surface area contributed by atoms with E-state index in [0.717, 1.165) is 19.3 Å². The maximum Gasteiger partial charge on any atom is 0.405 e. The average molecular weight is 187 g/mol. The first-order valence-electron chi connectivity index (χ1n) is 4.49. The number of carbonyl (C=O) groups is 2. The van der Waals surface area contributed by atoms with Gasteiger partial charge in [0, 0.05) is 0 Å². The zero-order valence-corrected chi connectivity index (χ0v) is 8.21. The van der Waals surface area contributed by atoms with E-state index >= 15 is 0 Å². The van der Waals surface area contributed by atoms with Gasteiger partial charge in [-0.15, -0.1) is 0 Å². The molecule has 0 spiro atoms. The second kappa shape index (κ2) is 5.56. The Morgan fingerprint density at radius 1 is 1.54 bits per heavy atom. The summed E-state index contributed by atoms with van der Waals surface area (Å²) >= 11 is 0. The Labute approximate surface area is 78.4 Å². The lowest BCUT2D eigenvalue weighted by Gasteiger charge is -2.21. The molecular formula is C9H17NO3. The molecule has 0 aliphatic rings. The fourth-order valence-electron chi connectivity index (χ4n) is 1.09. The zero-order valence-electron chi connectivity index (χ0n) is 8.21. The van der Waals surface area contributed by atoms with E-state index in [1.165, 1.54) is 0 Å². The van der Waals surface area contributed by atoms with Crippen molar-refractivity contribution in [1.29, 1.82) is 0 Å². The second-order valence-electron chi connectivity index (χ2n) is 3.31. The summed E-state index contributed by atoms with van der Waals surface area (Å²) in [6, 6.07) is 0. The minimum absolute atomic E-state index is 0.535. The molecule has 0 saturated carbocycles. The van der Waals surface area contributed by atoms with Crippen LogP contribution in [0, 0.1) is 0 Å². The number of hydrogen-bond donors (Lipinski definition) is 1. The quantitative estimate of drug-likeness (QED) is 0.507. The van der Waals surface area contributed by atoms with Gasteiger partial charge in [-0.05, 0) is 19.8 Å². The predicted molar refractivity (Wildman–Crippen MR) is 49.3 cm³/mol. The van der Waals surface area contributed by atoms with Crippen molar-refractivity contribution in [2.75, 3.05) is 0 Å². The van der Waals surface area contributed by atoms with Gasteiger partial charge in [0.15, 0.2) is 11.9 Å². The van der Waals surface area contributed by atoms with Gasteiger partial charge in [-0.25, -0.2) is 4.79 Å². The molecule has 0 fully saturated rings. The largest absolute Gasteiger partial charge is 0.436 e. The fraction of sp³-hybridized carbons (Fsp3) is 0.778. The lowest BCUT2D eigenvalue weighted by atomic mass is 10.00. The van der Waals surface area contributed by atoms with Crippen molar-refractivity contribution in [3.8, 4) is 0 Å². The zero-order chi connectivity index (χ0) is 10.3. The normalized spacial score (nSPS) is 14.6. The van der Waals surface area contributed by atoms with Crippen LogP contribution >= 0.6 is 0 Å². The maximum absolute atomic E-state index is 10.6. The minimum atomic E-state index is -1.04. The fourth-order valence-corrected chi connectivity index (χ4v) is 1.09. The van der Waals surface area contributed by atoms with Crippen molar-refractivity contribution < 1.29 is 14.3 Å². The maximum atomic E-state index is 10.6. The van der Waals surface area contributed by atoms with E-state index in [2.05, 4.69) is 6.92 Å². The van der Waals surface area contributed by atoms with Gasteiger partial charge in [0.05, 0.1) is 0 Å². The van der Waals surface area contributed by atoms with Crippen molar-refractivity contribution in [2.24, 2.45) is 5.73 Å². The molecule has 0 radical (unpaired) electrons. The Morgan fingerprint density at radius 3 is 2.54 bits per heavy atom. The molecule has 0 aromatic rings. The summed E-state index contributed by atoms with van der Waals surface area (Å²) in [4.78, 5) is 21.1. The number of nitrogens with two attached hydrogens (primary N) is 1. The third-order valence-electron chi connectivity index (χ3n) is 1.86. The standard InChI is InChI=1S/C9H17NO3/c1-3-4-5-6-9(2,7-11)13-8(10)12/h7H,3-6H2,1-2H3,(H2,10,12). The van der Waals surface area contributed by atoms with Gasteiger partial charge >= 0.3 is 6.09 Å². The first kappa shape index (κ1) is 11.9. The van der Waals surface area contributed by atoms with Crippen LogP contribution in [-0.2, 0) is 9.53 Å². The van der Waals surface area contributed by atoms with E-state index in [1.807, 2.05) is 0 Å².